The van der Waals surface area contributed by atoms with Gasteiger partial charge in [0.2, 0.25) is 11.8 Å². The van der Waals surface area contributed by atoms with Gasteiger partial charge >= 0.3 is 5.97 Å². The zero-order valence-corrected chi connectivity index (χ0v) is 11.5. The molecule has 1 heterocycles. The molecule has 20 heavy (non-hydrogen) atoms. The molecule has 0 radical (unpaired) electrons. The Kier molecular flexibility index (Phi) is 4.70. The SMILES string of the molecule is Cc1noc(CCC(=O)NC2CCCC(C(=O)O)C2)n1. The standard InChI is InChI=1S/C13H19N3O4/c1-8-14-12(20-16-8)6-5-11(17)15-10-4-2-3-9(7-10)13(18)19/h9-10H,2-7H2,1H3,(H,15,17)(H,18,19). The fourth-order valence-corrected chi connectivity index (χ4v) is 2.51. The van der Waals surface area contributed by atoms with Gasteiger partial charge in [-0.2, -0.15) is 4.98 Å². The highest BCUT2D eigenvalue weighted by Crippen LogP contribution is 2.24. The van der Waals surface area contributed by atoms with E-state index in [-0.39, 0.29) is 24.3 Å². The normalized spacial score (nSPS) is 22.4. The summed E-state index contributed by atoms with van der Waals surface area (Å²) < 4.78 is 4.93. The largest absolute Gasteiger partial charge is 0.481 e. The first-order valence-electron chi connectivity index (χ1n) is 6.86. The van der Waals surface area contributed by atoms with Crippen LogP contribution < -0.4 is 5.32 Å². The molecule has 7 nitrogen and oxygen atoms in total. The molecular weight excluding hydrogens is 262 g/mol. The van der Waals surface area contributed by atoms with E-state index in [0.29, 0.717) is 31.0 Å². The van der Waals surface area contributed by atoms with Crippen molar-refractivity contribution in [2.24, 2.45) is 5.92 Å². The van der Waals surface area contributed by atoms with Crippen LogP contribution in [0.1, 0.15) is 43.8 Å². The topological polar surface area (TPSA) is 105 Å². The maximum Gasteiger partial charge on any atom is 0.306 e. The molecule has 1 aromatic rings. The van der Waals surface area contributed by atoms with Crippen LogP contribution in [0.5, 0.6) is 0 Å². The molecule has 2 N–H and O–H groups in total. The van der Waals surface area contributed by atoms with Crippen LogP contribution in [0.15, 0.2) is 4.52 Å². The van der Waals surface area contributed by atoms with Crippen molar-refractivity contribution < 1.29 is 19.2 Å². The average molecular weight is 281 g/mol. The Morgan fingerprint density at radius 3 is 2.90 bits per heavy atom. The van der Waals surface area contributed by atoms with Crippen LogP contribution in [0.25, 0.3) is 0 Å². The molecule has 2 atom stereocenters. The Bertz CT molecular complexity index is 486. The first kappa shape index (κ1) is 14.5. The summed E-state index contributed by atoms with van der Waals surface area (Å²) >= 11 is 0. The lowest BCUT2D eigenvalue weighted by Crippen LogP contribution is -2.40. The van der Waals surface area contributed by atoms with Crippen LogP contribution in [0.4, 0.5) is 0 Å². The predicted octanol–water partition coefficient (Wildman–Crippen LogP) is 1.07. The molecule has 1 saturated carbocycles. The van der Waals surface area contributed by atoms with Gasteiger partial charge in [0.05, 0.1) is 5.92 Å². The Hall–Kier alpha value is -1.92. The van der Waals surface area contributed by atoms with Gasteiger partial charge in [0.1, 0.15) is 0 Å². The number of carbonyl (C=O) groups excluding carboxylic acids is 1. The molecule has 1 amide bonds. The summed E-state index contributed by atoms with van der Waals surface area (Å²) in [6.07, 6.45) is 3.57. The van der Waals surface area contributed by atoms with Crippen molar-refractivity contribution >= 4 is 11.9 Å². The first-order valence-corrected chi connectivity index (χ1v) is 6.86. The second-order valence-corrected chi connectivity index (χ2v) is 5.20. The zero-order chi connectivity index (χ0) is 14.5. The van der Waals surface area contributed by atoms with Crippen molar-refractivity contribution in [2.45, 2.75) is 51.5 Å². The van der Waals surface area contributed by atoms with Crippen molar-refractivity contribution in [3.8, 4) is 0 Å². The Morgan fingerprint density at radius 2 is 2.25 bits per heavy atom. The highest BCUT2D eigenvalue weighted by molar-refractivity contribution is 5.76. The van der Waals surface area contributed by atoms with E-state index in [1.165, 1.54) is 0 Å². The molecule has 1 aliphatic rings. The molecule has 1 aliphatic carbocycles. The lowest BCUT2D eigenvalue weighted by atomic mass is 9.86. The Balaban J connectivity index is 1.75. The molecule has 0 saturated heterocycles. The number of hydrogen-bond donors (Lipinski definition) is 2. The van der Waals surface area contributed by atoms with E-state index in [1.807, 2.05) is 0 Å². The highest BCUT2D eigenvalue weighted by atomic mass is 16.5. The number of aryl methyl sites for hydroxylation is 2. The molecule has 0 aromatic carbocycles. The van der Waals surface area contributed by atoms with Crippen LogP contribution in [-0.2, 0) is 16.0 Å². The summed E-state index contributed by atoms with van der Waals surface area (Å²) in [5, 5.41) is 15.5. The van der Waals surface area contributed by atoms with Crippen molar-refractivity contribution in [3.05, 3.63) is 11.7 Å². The van der Waals surface area contributed by atoms with Crippen molar-refractivity contribution in [1.29, 1.82) is 0 Å². The van der Waals surface area contributed by atoms with Gasteiger partial charge < -0.3 is 14.9 Å². The Morgan fingerprint density at radius 1 is 1.45 bits per heavy atom. The third kappa shape index (κ3) is 4.04. The summed E-state index contributed by atoms with van der Waals surface area (Å²) in [6, 6.07) is -0.0400. The molecule has 2 unspecified atom stereocenters. The summed E-state index contributed by atoms with van der Waals surface area (Å²) in [5.74, 6) is -0.212. The summed E-state index contributed by atoms with van der Waals surface area (Å²) in [5.41, 5.74) is 0. The maximum atomic E-state index is 11.8. The minimum absolute atomic E-state index is 0.0400. The van der Waals surface area contributed by atoms with Gasteiger partial charge in [-0.05, 0) is 26.2 Å². The molecule has 0 bridgehead atoms. The van der Waals surface area contributed by atoms with Crippen LogP contribution in [0.2, 0.25) is 0 Å². The number of nitrogens with one attached hydrogen (secondary N) is 1. The number of hydrogen-bond acceptors (Lipinski definition) is 5. The molecule has 2 rings (SSSR count). The fraction of sp³-hybridized carbons (Fsp3) is 0.692. The number of aromatic nitrogens is 2. The third-order valence-electron chi connectivity index (χ3n) is 3.52. The Labute approximate surface area is 116 Å². The second kappa shape index (κ2) is 6.49. The molecule has 1 aromatic heterocycles. The number of nitrogens with zero attached hydrogens (tertiary/aromatic N) is 2. The number of carbonyl (C=O) groups is 2. The lowest BCUT2D eigenvalue weighted by Gasteiger charge is -2.27. The number of carboxylic acids is 1. The zero-order valence-electron chi connectivity index (χ0n) is 11.5. The summed E-state index contributed by atoms with van der Waals surface area (Å²) in [7, 11) is 0. The van der Waals surface area contributed by atoms with E-state index >= 15 is 0 Å². The molecule has 0 spiro atoms. The molecule has 7 heteroatoms. The van der Waals surface area contributed by atoms with E-state index in [2.05, 4.69) is 15.5 Å². The smallest absolute Gasteiger partial charge is 0.306 e. The van der Waals surface area contributed by atoms with E-state index in [9.17, 15) is 9.59 Å². The van der Waals surface area contributed by atoms with Gasteiger partial charge in [-0.1, -0.05) is 11.6 Å². The third-order valence-corrected chi connectivity index (χ3v) is 3.52. The molecule has 110 valence electrons. The predicted molar refractivity (Wildman–Crippen MR) is 68.9 cm³/mol. The van der Waals surface area contributed by atoms with E-state index in [0.717, 1.165) is 12.8 Å². The van der Waals surface area contributed by atoms with Gasteiger partial charge in [-0.15, -0.1) is 0 Å². The number of aliphatic carboxylic acids is 1. The highest BCUT2D eigenvalue weighted by Gasteiger charge is 2.27. The van der Waals surface area contributed by atoms with Crippen LogP contribution in [0.3, 0.4) is 0 Å². The van der Waals surface area contributed by atoms with Gasteiger partial charge in [-0.25, -0.2) is 0 Å². The van der Waals surface area contributed by atoms with Crippen molar-refractivity contribution in [1.82, 2.24) is 15.5 Å². The van der Waals surface area contributed by atoms with E-state index in [4.69, 9.17) is 9.63 Å². The van der Waals surface area contributed by atoms with Gasteiger partial charge in [0.15, 0.2) is 5.82 Å². The van der Waals surface area contributed by atoms with Gasteiger partial charge in [0.25, 0.3) is 0 Å². The van der Waals surface area contributed by atoms with E-state index in [1.54, 1.807) is 6.92 Å². The van der Waals surface area contributed by atoms with Gasteiger partial charge in [-0.3, -0.25) is 9.59 Å². The fourth-order valence-electron chi connectivity index (χ4n) is 2.51. The van der Waals surface area contributed by atoms with E-state index < -0.39 is 5.97 Å². The van der Waals surface area contributed by atoms with Crippen LogP contribution >= 0.6 is 0 Å². The molecular formula is C13H19N3O4. The number of rotatable bonds is 5. The lowest BCUT2D eigenvalue weighted by molar-refractivity contribution is -0.143. The molecule has 1 fully saturated rings. The van der Waals surface area contributed by atoms with Crippen LogP contribution in [-0.4, -0.2) is 33.2 Å². The second-order valence-electron chi connectivity index (χ2n) is 5.20. The average Bonchev–Trinajstić information content (AvgIpc) is 2.82. The molecule has 0 aliphatic heterocycles. The quantitative estimate of drug-likeness (QED) is 0.836. The van der Waals surface area contributed by atoms with Crippen molar-refractivity contribution in [2.75, 3.05) is 0 Å². The number of carboxylic acid groups (broad SMARTS) is 1. The van der Waals surface area contributed by atoms with Crippen molar-refractivity contribution in [3.63, 3.8) is 0 Å². The minimum atomic E-state index is -0.773. The summed E-state index contributed by atoms with van der Waals surface area (Å²) in [4.78, 5) is 26.8. The first-order chi connectivity index (χ1) is 9.54. The van der Waals surface area contributed by atoms with Gasteiger partial charge in [0, 0.05) is 18.9 Å². The van der Waals surface area contributed by atoms with Crippen LogP contribution in [0, 0.1) is 12.8 Å². The number of amides is 1. The maximum absolute atomic E-state index is 11.8. The monoisotopic (exact) mass is 281 g/mol. The minimum Gasteiger partial charge on any atom is -0.481 e. The summed E-state index contributed by atoms with van der Waals surface area (Å²) in [6.45, 7) is 1.72.